The van der Waals surface area contributed by atoms with E-state index in [1.807, 2.05) is 25.1 Å². The van der Waals surface area contributed by atoms with Crippen molar-refractivity contribution < 1.29 is 19.8 Å². The summed E-state index contributed by atoms with van der Waals surface area (Å²) in [5.74, 6) is -2.08. The lowest BCUT2D eigenvalue weighted by Gasteiger charge is -2.26. The fraction of sp³-hybridized carbons (Fsp3) is 0.0833. The number of carbonyl (C=O) groups is 2. The number of amides is 1. The molecule has 1 saturated heterocycles. The maximum Gasteiger partial charge on any atom is 0.300 e. The number of rotatable bonds is 3. The number of phenols is 1. The van der Waals surface area contributed by atoms with Crippen molar-refractivity contribution in [2.75, 3.05) is 4.90 Å². The molecule has 1 aliphatic heterocycles. The molecule has 3 aromatic rings. The van der Waals surface area contributed by atoms with E-state index in [1.54, 1.807) is 48.5 Å². The van der Waals surface area contributed by atoms with Gasteiger partial charge in [0.15, 0.2) is 0 Å². The van der Waals surface area contributed by atoms with Gasteiger partial charge in [0.25, 0.3) is 11.7 Å². The number of aliphatic hydroxyl groups excluding tert-OH is 1. The number of phenolic OH excluding ortho intramolecular Hbond substituents is 1. The van der Waals surface area contributed by atoms with Crippen molar-refractivity contribution >= 4 is 34.7 Å². The Hall–Kier alpha value is -3.57. The molecule has 4 rings (SSSR count). The van der Waals surface area contributed by atoms with Crippen molar-refractivity contribution in [2.24, 2.45) is 0 Å². The van der Waals surface area contributed by atoms with Crippen LogP contribution >= 0.6 is 11.6 Å². The molecule has 1 heterocycles. The number of ketones is 1. The molecule has 1 atom stereocenters. The fourth-order valence-electron chi connectivity index (χ4n) is 3.67. The maximum atomic E-state index is 13.0. The van der Waals surface area contributed by atoms with Crippen LogP contribution in [0.1, 0.15) is 22.7 Å². The van der Waals surface area contributed by atoms with E-state index in [0.29, 0.717) is 16.1 Å². The average Bonchev–Trinajstić information content (AvgIpc) is 2.99. The summed E-state index contributed by atoms with van der Waals surface area (Å²) in [6, 6.07) is 19.1. The van der Waals surface area contributed by atoms with Gasteiger partial charge in [-0.2, -0.15) is 0 Å². The second kappa shape index (κ2) is 7.69. The van der Waals surface area contributed by atoms with Crippen LogP contribution in [0.2, 0.25) is 5.02 Å². The molecule has 30 heavy (non-hydrogen) atoms. The molecule has 5 nitrogen and oxygen atoms in total. The van der Waals surface area contributed by atoms with Gasteiger partial charge in [-0.15, -0.1) is 0 Å². The van der Waals surface area contributed by atoms with E-state index in [-0.39, 0.29) is 22.8 Å². The van der Waals surface area contributed by atoms with Gasteiger partial charge in [0.1, 0.15) is 11.5 Å². The van der Waals surface area contributed by atoms with Gasteiger partial charge in [0, 0.05) is 10.6 Å². The third kappa shape index (κ3) is 3.33. The third-order valence-electron chi connectivity index (χ3n) is 5.06. The minimum Gasteiger partial charge on any atom is -0.507 e. The fourth-order valence-corrected chi connectivity index (χ4v) is 3.79. The first kappa shape index (κ1) is 19.7. The van der Waals surface area contributed by atoms with E-state index in [0.717, 1.165) is 5.56 Å². The Morgan fingerprint density at radius 2 is 1.67 bits per heavy atom. The van der Waals surface area contributed by atoms with Crippen LogP contribution in [0.4, 0.5) is 5.69 Å². The quantitative estimate of drug-likeness (QED) is 0.356. The number of aromatic hydroxyl groups is 1. The van der Waals surface area contributed by atoms with E-state index >= 15 is 0 Å². The molecule has 1 amide bonds. The van der Waals surface area contributed by atoms with E-state index in [1.165, 1.54) is 11.0 Å². The Labute approximate surface area is 178 Å². The summed E-state index contributed by atoms with van der Waals surface area (Å²) in [4.78, 5) is 27.3. The molecule has 2 N–H and O–H groups in total. The SMILES string of the molecule is Cc1cccc(C2/C(=C(/O)c3ccc(Cl)cc3)C(=O)C(=O)N2c2ccccc2O)c1. The van der Waals surface area contributed by atoms with Crippen molar-refractivity contribution in [1.29, 1.82) is 0 Å². The average molecular weight is 420 g/mol. The van der Waals surface area contributed by atoms with Gasteiger partial charge in [0.05, 0.1) is 17.3 Å². The number of Topliss-reactive ketones (excluding diaryl/α,β-unsaturated/α-hetero) is 1. The Balaban J connectivity index is 1.98. The summed E-state index contributed by atoms with van der Waals surface area (Å²) in [7, 11) is 0. The topological polar surface area (TPSA) is 77.8 Å². The lowest BCUT2D eigenvalue weighted by molar-refractivity contribution is -0.132. The van der Waals surface area contributed by atoms with Gasteiger partial charge in [-0.3, -0.25) is 14.5 Å². The first-order chi connectivity index (χ1) is 14.4. The van der Waals surface area contributed by atoms with Crippen LogP contribution in [0.25, 0.3) is 5.76 Å². The number of para-hydroxylation sites is 2. The number of benzene rings is 3. The lowest BCUT2D eigenvalue weighted by Crippen LogP contribution is -2.29. The molecule has 6 heteroatoms. The van der Waals surface area contributed by atoms with Crippen LogP contribution in [0.15, 0.2) is 78.4 Å². The van der Waals surface area contributed by atoms with Crippen molar-refractivity contribution in [1.82, 2.24) is 0 Å². The van der Waals surface area contributed by atoms with Gasteiger partial charge < -0.3 is 10.2 Å². The molecule has 0 aliphatic carbocycles. The standard InChI is InChI=1S/C24H18ClNO4/c1-14-5-4-6-16(13-14)21-20(22(28)15-9-11-17(25)12-10-15)23(29)24(30)26(21)18-7-2-3-8-19(18)27/h2-13,21,27-28H,1H3/b22-20-. The van der Waals surface area contributed by atoms with Crippen LogP contribution < -0.4 is 4.90 Å². The van der Waals surface area contributed by atoms with Crippen LogP contribution in [-0.4, -0.2) is 21.9 Å². The van der Waals surface area contributed by atoms with Crippen LogP contribution in [-0.2, 0) is 9.59 Å². The Morgan fingerprint density at radius 1 is 0.967 bits per heavy atom. The molecule has 0 bridgehead atoms. The number of hydrogen-bond donors (Lipinski definition) is 2. The molecule has 0 radical (unpaired) electrons. The zero-order valence-electron chi connectivity index (χ0n) is 16.0. The molecule has 150 valence electrons. The van der Waals surface area contributed by atoms with Crippen molar-refractivity contribution in [3.05, 3.63) is 100 Å². The van der Waals surface area contributed by atoms with Crippen molar-refractivity contribution in [3.8, 4) is 5.75 Å². The highest BCUT2D eigenvalue weighted by Gasteiger charge is 2.47. The molecule has 0 spiro atoms. The second-order valence-electron chi connectivity index (χ2n) is 7.08. The highest BCUT2D eigenvalue weighted by Crippen LogP contribution is 2.44. The smallest absolute Gasteiger partial charge is 0.300 e. The molecule has 0 saturated carbocycles. The number of nitrogens with zero attached hydrogens (tertiary/aromatic N) is 1. The highest BCUT2D eigenvalue weighted by atomic mass is 35.5. The molecule has 1 aliphatic rings. The van der Waals surface area contributed by atoms with E-state index in [2.05, 4.69) is 0 Å². The summed E-state index contributed by atoms with van der Waals surface area (Å²) in [6.07, 6.45) is 0. The number of carbonyl (C=O) groups excluding carboxylic acids is 2. The highest BCUT2D eigenvalue weighted by molar-refractivity contribution is 6.52. The normalized spacial score (nSPS) is 18.1. The van der Waals surface area contributed by atoms with Gasteiger partial charge in [0.2, 0.25) is 0 Å². The minimum atomic E-state index is -0.895. The third-order valence-corrected chi connectivity index (χ3v) is 5.31. The second-order valence-corrected chi connectivity index (χ2v) is 7.52. The van der Waals surface area contributed by atoms with Gasteiger partial charge in [-0.05, 0) is 48.9 Å². The maximum absolute atomic E-state index is 13.0. The lowest BCUT2D eigenvalue weighted by atomic mass is 9.94. The summed E-state index contributed by atoms with van der Waals surface area (Å²) in [5.41, 5.74) is 2.10. The number of aliphatic hydroxyl groups is 1. The number of hydrogen-bond acceptors (Lipinski definition) is 4. The van der Waals surface area contributed by atoms with Crippen molar-refractivity contribution in [3.63, 3.8) is 0 Å². The zero-order valence-corrected chi connectivity index (χ0v) is 16.8. The minimum absolute atomic E-state index is 0.0452. The summed E-state index contributed by atoms with van der Waals surface area (Å²) < 4.78 is 0. The predicted octanol–water partition coefficient (Wildman–Crippen LogP) is 4.98. The van der Waals surface area contributed by atoms with Gasteiger partial charge in [-0.1, -0.05) is 53.6 Å². The molecule has 1 unspecified atom stereocenters. The largest absolute Gasteiger partial charge is 0.507 e. The number of halogens is 1. The van der Waals surface area contributed by atoms with E-state index < -0.39 is 17.7 Å². The molecule has 3 aromatic carbocycles. The summed E-state index contributed by atoms with van der Waals surface area (Å²) in [6.45, 7) is 1.90. The van der Waals surface area contributed by atoms with Gasteiger partial charge in [-0.25, -0.2) is 0 Å². The van der Waals surface area contributed by atoms with Crippen LogP contribution in [0, 0.1) is 6.92 Å². The van der Waals surface area contributed by atoms with Crippen LogP contribution in [0.5, 0.6) is 5.75 Å². The monoisotopic (exact) mass is 419 g/mol. The van der Waals surface area contributed by atoms with Gasteiger partial charge >= 0.3 is 0 Å². The molecule has 0 aromatic heterocycles. The molecular weight excluding hydrogens is 402 g/mol. The Kier molecular flexibility index (Phi) is 5.06. The van der Waals surface area contributed by atoms with E-state index in [4.69, 9.17) is 11.6 Å². The summed E-state index contributed by atoms with van der Waals surface area (Å²) in [5, 5.41) is 21.9. The molecule has 1 fully saturated rings. The van der Waals surface area contributed by atoms with E-state index in [9.17, 15) is 19.8 Å². The van der Waals surface area contributed by atoms with Crippen LogP contribution in [0.3, 0.4) is 0 Å². The predicted molar refractivity (Wildman–Crippen MR) is 116 cm³/mol. The number of anilines is 1. The molecular formula is C24H18ClNO4. The first-order valence-corrected chi connectivity index (χ1v) is 9.68. The zero-order chi connectivity index (χ0) is 21.4. The Bertz CT molecular complexity index is 1180. The number of aryl methyl sites for hydroxylation is 1. The first-order valence-electron chi connectivity index (χ1n) is 9.30. The Morgan fingerprint density at radius 3 is 2.33 bits per heavy atom. The summed E-state index contributed by atoms with van der Waals surface area (Å²) >= 11 is 5.94. The van der Waals surface area contributed by atoms with Crippen molar-refractivity contribution in [2.45, 2.75) is 13.0 Å².